The summed E-state index contributed by atoms with van der Waals surface area (Å²) in [6.07, 6.45) is 3.47. The van der Waals surface area contributed by atoms with Crippen LogP contribution in [0.2, 0.25) is 0 Å². The van der Waals surface area contributed by atoms with Gasteiger partial charge in [0.05, 0.1) is 28.9 Å². The maximum Gasteiger partial charge on any atom is 0.229 e. The number of piperidine rings is 1. The Hall–Kier alpha value is -4.87. The lowest BCUT2D eigenvalue weighted by Crippen LogP contribution is -2.53. The SMILES string of the molecule is COc1cc(N2CCC(N3CCN(c4ccccc4)CC3)CC2)ccc1Nc1nc(Nc2ccccc2S(C)(=O)=O)c2ccccc2n1. The van der Waals surface area contributed by atoms with E-state index in [0.717, 1.165) is 68.9 Å². The molecule has 0 atom stereocenters. The van der Waals surface area contributed by atoms with Crippen molar-refractivity contribution in [1.29, 1.82) is 0 Å². The van der Waals surface area contributed by atoms with Crippen LogP contribution in [0.4, 0.5) is 34.5 Å². The lowest BCUT2D eigenvalue weighted by molar-refractivity contribution is 0.160. The second-order valence-corrected chi connectivity index (χ2v) is 14.4. The number of nitrogens with one attached hydrogen (secondary N) is 2. The molecule has 0 saturated carbocycles. The molecule has 2 fully saturated rings. The molecular weight excluding hydrogens is 623 g/mol. The summed E-state index contributed by atoms with van der Waals surface area (Å²) < 4.78 is 30.8. The number of hydrogen-bond acceptors (Lipinski definition) is 10. The smallest absolute Gasteiger partial charge is 0.229 e. The molecule has 2 N–H and O–H groups in total. The summed E-state index contributed by atoms with van der Waals surface area (Å²) in [5, 5.41) is 7.37. The molecule has 248 valence electrons. The van der Waals surface area contributed by atoms with Gasteiger partial charge in [-0.25, -0.2) is 13.4 Å². The summed E-state index contributed by atoms with van der Waals surface area (Å²) in [4.78, 5) is 17.3. The summed E-state index contributed by atoms with van der Waals surface area (Å²) in [5.41, 5.74) is 4.36. The summed E-state index contributed by atoms with van der Waals surface area (Å²) in [6, 6.07) is 32.0. The molecule has 2 aliphatic heterocycles. The number of piperazine rings is 1. The highest BCUT2D eigenvalue weighted by Crippen LogP contribution is 2.35. The third kappa shape index (κ3) is 6.88. The molecule has 0 spiro atoms. The van der Waals surface area contributed by atoms with Gasteiger partial charge in [0.15, 0.2) is 9.84 Å². The highest BCUT2D eigenvalue weighted by molar-refractivity contribution is 7.90. The van der Waals surface area contributed by atoms with Gasteiger partial charge in [0.2, 0.25) is 5.95 Å². The lowest BCUT2D eigenvalue weighted by atomic mass is 10.0. The first-order valence-electron chi connectivity index (χ1n) is 16.4. The van der Waals surface area contributed by atoms with Crippen molar-refractivity contribution in [2.24, 2.45) is 0 Å². The molecule has 0 aliphatic carbocycles. The molecule has 11 heteroatoms. The zero-order chi connectivity index (χ0) is 33.1. The Bertz CT molecular complexity index is 1990. The van der Waals surface area contributed by atoms with Crippen molar-refractivity contribution in [1.82, 2.24) is 14.9 Å². The Morgan fingerprint density at radius 1 is 0.708 bits per heavy atom. The van der Waals surface area contributed by atoms with E-state index in [1.54, 1.807) is 31.4 Å². The van der Waals surface area contributed by atoms with Crippen LogP contribution in [0.25, 0.3) is 10.9 Å². The zero-order valence-corrected chi connectivity index (χ0v) is 28.2. The molecule has 3 heterocycles. The van der Waals surface area contributed by atoms with Gasteiger partial charge in [-0.3, -0.25) is 4.90 Å². The molecule has 5 aromatic rings. The fourth-order valence-corrected chi connectivity index (χ4v) is 7.67. The summed E-state index contributed by atoms with van der Waals surface area (Å²) in [7, 11) is -1.79. The maximum atomic E-state index is 12.5. The molecular formula is C37H41N7O3S. The maximum absolute atomic E-state index is 12.5. The number of para-hydroxylation sites is 3. The van der Waals surface area contributed by atoms with Gasteiger partial charge in [0, 0.05) is 74.4 Å². The van der Waals surface area contributed by atoms with Gasteiger partial charge in [0.25, 0.3) is 0 Å². The average Bonchev–Trinajstić information content (AvgIpc) is 3.12. The molecule has 1 aromatic heterocycles. The Labute approximate surface area is 282 Å². The van der Waals surface area contributed by atoms with E-state index in [0.29, 0.717) is 34.8 Å². The van der Waals surface area contributed by atoms with E-state index in [-0.39, 0.29) is 4.90 Å². The summed E-state index contributed by atoms with van der Waals surface area (Å²) >= 11 is 0. The van der Waals surface area contributed by atoms with E-state index < -0.39 is 9.84 Å². The van der Waals surface area contributed by atoms with E-state index in [2.05, 4.69) is 67.8 Å². The van der Waals surface area contributed by atoms with Crippen LogP contribution in [-0.4, -0.2) is 82.0 Å². The number of aromatic nitrogens is 2. The molecule has 0 bridgehead atoms. The van der Waals surface area contributed by atoms with E-state index in [9.17, 15) is 8.42 Å². The van der Waals surface area contributed by atoms with Crippen LogP contribution < -0.4 is 25.2 Å². The highest BCUT2D eigenvalue weighted by Gasteiger charge is 2.28. The molecule has 7 rings (SSSR count). The lowest BCUT2D eigenvalue weighted by Gasteiger charge is -2.43. The minimum Gasteiger partial charge on any atom is -0.494 e. The van der Waals surface area contributed by atoms with Crippen LogP contribution in [0.5, 0.6) is 5.75 Å². The normalized spacial score (nSPS) is 16.2. The van der Waals surface area contributed by atoms with Crippen molar-refractivity contribution in [2.75, 3.05) is 73.1 Å². The second-order valence-electron chi connectivity index (χ2n) is 12.4. The van der Waals surface area contributed by atoms with E-state index >= 15 is 0 Å². The van der Waals surface area contributed by atoms with Crippen LogP contribution in [-0.2, 0) is 9.84 Å². The Morgan fingerprint density at radius 3 is 2.15 bits per heavy atom. The summed E-state index contributed by atoms with van der Waals surface area (Å²) in [6.45, 7) is 6.34. The molecule has 2 saturated heterocycles. The van der Waals surface area contributed by atoms with Crippen LogP contribution in [0.1, 0.15) is 12.8 Å². The van der Waals surface area contributed by atoms with Gasteiger partial charge in [-0.05, 0) is 61.4 Å². The number of nitrogens with zero attached hydrogens (tertiary/aromatic N) is 5. The predicted molar refractivity (Wildman–Crippen MR) is 194 cm³/mol. The van der Waals surface area contributed by atoms with E-state index in [1.807, 2.05) is 30.3 Å². The minimum atomic E-state index is -3.45. The molecule has 10 nitrogen and oxygen atoms in total. The zero-order valence-electron chi connectivity index (χ0n) is 27.3. The first-order chi connectivity index (χ1) is 23.4. The third-order valence-electron chi connectivity index (χ3n) is 9.36. The average molecular weight is 664 g/mol. The minimum absolute atomic E-state index is 0.203. The first kappa shape index (κ1) is 31.7. The molecule has 0 unspecified atom stereocenters. The number of rotatable bonds is 9. The van der Waals surface area contributed by atoms with Crippen LogP contribution in [0.15, 0.2) is 102 Å². The topological polar surface area (TPSA) is 103 Å². The fraction of sp³-hybridized carbons (Fsp3) is 0.297. The number of ether oxygens (including phenoxy) is 1. The van der Waals surface area contributed by atoms with Crippen LogP contribution in [0, 0.1) is 0 Å². The number of anilines is 6. The van der Waals surface area contributed by atoms with Crippen LogP contribution in [0.3, 0.4) is 0 Å². The number of benzene rings is 4. The van der Waals surface area contributed by atoms with Gasteiger partial charge < -0.3 is 25.2 Å². The highest BCUT2D eigenvalue weighted by atomic mass is 32.2. The number of hydrogen-bond donors (Lipinski definition) is 2. The monoisotopic (exact) mass is 663 g/mol. The predicted octanol–water partition coefficient (Wildman–Crippen LogP) is 6.32. The Balaban J connectivity index is 1.04. The number of sulfone groups is 1. The van der Waals surface area contributed by atoms with E-state index in [1.165, 1.54) is 11.9 Å². The molecule has 4 aromatic carbocycles. The van der Waals surface area contributed by atoms with Crippen molar-refractivity contribution in [3.63, 3.8) is 0 Å². The van der Waals surface area contributed by atoms with Crippen molar-refractivity contribution in [3.8, 4) is 5.75 Å². The van der Waals surface area contributed by atoms with Gasteiger partial charge in [-0.1, -0.05) is 42.5 Å². The molecule has 2 aliphatic rings. The second kappa shape index (κ2) is 13.7. The summed E-state index contributed by atoms with van der Waals surface area (Å²) in [5.74, 6) is 1.56. The number of fused-ring (bicyclic) bond motifs is 1. The van der Waals surface area contributed by atoms with Crippen molar-refractivity contribution >= 4 is 55.3 Å². The third-order valence-corrected chi connectivity index (χ3v) is 10.5. The number of methoxy groups -OCH3 is 1. The first-order valence-corrected chi connectivity index (χ1v) is 18.3. The molecule has 0 amide bonds. The van der Waals surface area contributed by atoms with Gasteiger partial charge >= 0.3 is 0 Å². The Kier molecular flexibility index (Phi) is 9.05. The van der Waals surface area contributed by atoms with Crippen LogP contribution >= 0.6 is 0 Å². The van der Waals surface area contributed by atoms with Gasteiger partial charge in [-0.15, -0.1) is 0 Å². The van der Waals surface area contributed by atoms with Crippen molar-refractivity contribution < 1.29 is 13.2 Å². The van der Waals surface area contributed by atoms with Gasteiger partial charge in [-0.2, -0.15) is 4.98 Å². The molecule has 0 radical (unpaired) electrons. The quantitative estimate of drug-likeness (QED) is 0.186. The van der Waals surface area contributed by atoms with Crippen molar-refractivity contribution in [2.45, 2.75) is 23.8 Å². The van der Waals surface area contributed by atoms with Crippen molar-refractivity contribution in [3.05, 3.63) is 97.1 Å². The Morgan fingerprint density at radius 2 is 1.40 bits per heavy atom. The standard InChI is InChI=1S/C37H41N7O3S/c1-47-34-26-29(42-20-18-28(19-21-42)44-24-22-43(23-25-44)27-10-4-3-5-11-27)16-17-32(34)40-37-39-31-13-7-6-12-30(31)36(41-37)38-33-14-8-9-15-35(33)48(2,45)46/h3-17,26,28H,18-25H2,1-2H3,(H2,38,39,40,41). The largest absolute Gasteiger partial charge is 0.494 e. The van der Waals surface area contributed by atoms with E-state index in [4.69, 9.17) is 14.7 Å². The van der Waals surface area contributed by atoms with Gasteiger partial charge in [0.1, 0.15) is 11.6 Å². The molecule has 48 heavy (non-hydrogen) atoms. The fourth-order valence-electron chi connectivity index (χ4n) is 6.82.